The zero-order chi connectivity index (χ0) is 16.1. The maximum absolute atomic E-state index is 10.6. The van der Waals surface area contributed by atoms with Gasteiger partial charge < -0.3 is 15.2 Å². The largest absolute Gasteiger partial charge is 0.488 e. The maximum atomic E-state index is 10.6. The molecule has 1 heterocycles. The molecule has 0 saturated heterocycles. The van der Waals surface area contributed by atoms with Crippen LogP contribution in [-0.4, -0.2) is 34.1 Å². The maximum Gasteiger partial charge on any atom is 0.125 e. The number of nitrogens with zero attached hydrogens (tertiary/aromatic N) is 1. The lowest BCUT2D eigenvalue weighted by atomic mass is 9.84. The number of aromatic amines is 1. The molecule has 0 aliphatic heterocycles. The van der Waals surface area contributed by atoms with E-state index in [9.17, 15) is 5.11 Å². The first-order valence-electron chi connectivity index (χ1n) is 8.33. The first kappa shape index (κ1) is 16.0. The molecule has 3 rings (SSSR count). The molecule has 1 aliphatic rings. The molecule has 5 nitrogen and oxygen atoms in total. The van der Waals surface area contributed by atoms with Crippen molar-refractivity contribution in [1.29, 1.82) is 0 Å². The van der Waals surface area contributed by atoms with Gasteiger partial charge in [0.05, 0.1) is 6.10 Å². The summed E-state index contributed by atoms with van der Waals surface area (Å²) in [6.45, 7) is 3.58. The summed E-state index contributed by atoms with van der Waals surface area (Å²) in [5.41, 5.74) is 2.27. The van der Waals surface area contributed by atoms with Crippen LogP contribution in [0.3, 0.4) is 0 Å². The summed E-state index contributed by atoms with van der Waals surface area (Å²) in [5.74, 6) is 1.06. The third kappa shape index (κ3) is 4.33. The lowest BCUT2D eigenvalue weighted by Crippen LogP contribution is -2.44. The van der Waals surface area contributed by atoms with E-state index in [4.69, 9.17) is 4.74 Å². The highest BCUT2D eigenvalue weighted by atomic mass is 16.5. The van der Waals surface area contributed by atoms with E-state index in [0.717, 1.165) is 43.8 Å². The van der Waals surface area contributed by atoms with Gasteiger partial charge in [0, 0.05) is 30.9 Å². The molecule has 1 saturated carbocycles. The molecule has 0 bridgehead atoms. The standard InChI is InChI=1S/C18H25N3O2/c1-13-5-7-16(8-6-13)23-17-4-2-3-14(18(17)22)11-19-12-15-9-10-20-21-15/h5-10,14,17-19,22H,2-4,11-12H2,1H3,(H,20,21)/t14-,17-,18-/m1/s1. The molecule has 23 heavy (non-hydrogen) atoms. The SMILES string of the molecule is Cc1ccc(O[C@@H]2CCC[C@H](CNCc3ccn[nH]3)[C@H]2O)cc1. The zero-order valence-electron chi connectivity index (χ0n) is 13.5. The van der Waals surface area contributed by atoms with Crippen LogP contribution in [0, 0.1) is 12.8 Å². The fraction of sp³-hybridized carbons (Fsp3) is 0.500. The van der Waals surface area contributed by atoms with E-state index in [1.54, 1.807) is 6.20 Å². The van der Waals surface area contributed by atoms with Crippen LogP contribution >= 0.6 is 0 Å². The Hall–Kier alpha value is -1.85. The van der Waals surface area contributed by atoms with Gasteiger partial charge >= 0.3 is 0 Å². The molecule has 5 heteroatoms. The third-order valence-corrected chi connectivity index (χ3v) is 4.52. The van der Waals surface area contributed by atoms with Gasteiger partial charge in [-0.15, -0.1) is 0 Å². The van der Waals surface area contributed by atoms with E-state index in [1.165, 1.54) is 5.56 Å². The summed E-state index contributed by atoms with van der Waals surface area (Å²) < 4.78 is 6.01. The number of H-pyrrole nitrogens is 1. The number of benzene rings is 1. The number of aliphatic hydroxyl groups is 1. The van der Waals surface area contributed by atoms with Gasteiger partial charge in [-0.05, 0) is 44.4 Å². The normalized spacial score (nSPS) is 24.5. The molecule has 0 amide bonds. The van der Waals surface area contributed by atoms with Crippen molar-refractivity contribution >= 4 is 0 Å². The monoisotopic (exact) mass is 315 g/mol. The lowest BCUT2D eigenvalue weighted by Gasteiger charge is -2.35. The van der Waals surface area contributed by atoms with Gasteiger partial charge in [-0.3, -0.25) is 5.10 Å². The number of hydrogen-bond acceptors (Lipinski definition) is 4. The predicted molar refractivity (Wildman–Crippen MR) is 89.2 cm³/mol. The van der Waals surface area contributed by atoms with Gasteiger partial charge in [0.15, 0.2) is 0 Å². The van der Waals surface area contributed by atoms with Gasteiger partial charge in [-0.2, -0.15) is 5.10 Å². The smallest absolute Gasteiger partial charge is 0.125 e. The van der Waals surface area contributed by atoms with Gasteiger partial charge in [0.1, 0.15) is 11.9 Å². The Morgan fingerprint density at radius 2 is 2.09 bits per heavy atom. The molecule has 3 N–H and O–H groups in total. The van der Waals surface area contributed by atoms with Crippen LogP contribution in [0.2, 0.25) is 0 Å². The first-order chi connectivity index (χ1) is 11.2. The van der Waals surface area contributed by atoms with Crippen molar-refractivity contribution in [2.45, 2.75) is 44.9 Å². The minimum atomic E-state index is -0.431. The Labute approximate surface area is 137 Å². The Bertz CT molecular complexity index is 583. The van der Waals surface area contributed by atoms with E-state index < -0.39 is 6.10 Å². The average molecular weight is 315 g/mol. The van der Waals surface area contributed by atoms with E-state index in [2.05, 4.69) is 22.4 Å². The van der Waals surface area contributed by atoms with Crippen LogP contribution in [0.5, 0.6) is 5.75 Å². The van der Waals surface area contributed by atoms with E-state index in [-0.39, 0.29) is 12.0 Å². The number of aromatic nitrogens is 2. The van der Waals surface area contributed by atoms with Crippen LogP contribution in [0.25, 0.3) is 0 Å². The van der Waals surface area contributed by atoms with Gasteiger partial charge in [0.2, 0.25) is 0 Å². The van der Waals surface area contributed by atoms with E-state index in [1.807, 2.05) is 30.3 Å². The van der Waals surface area contributed by atoms with Gasteiger partial charge in [0.25, 0.3) is 0 Å². The second-order valence-electron chi connectivity index (χ2n) is 6.36. The first-order valence-corrected chi connectivity index (χ1v) is 8.33. The molecule has 124 valence electrons. The predicted octanol–water partition coefficient (Wildman–Crippen LogP) is 2.42. The van der Waals surface area contributed by atoms with Crippen molar-refractivity contribution < 1.29 is 9.84 Å². The molecule has 0 spiro atoms. The molecular formula is C18H25N3O2. The van der Waals surface area contributed by atoms with E-state index >= 15 is 0 Å². The Morgan fingerprint density at radius 1 is 1.26 bits per heavy atom. The van der Waals surface area contributed by atoms with Gasteiger partial charge in [-0.1, -0.05) is 17.7 Å². The highest BCUT2D eigenvalue weighted by Crippen LogP contribution is 2.28. The summed E-state index contributed by atoms with van der Waals surface area (Å²) in [7, 11) is 0. The van der Waals surface area contributed by atoms with Crippen molar-refractivity contribution in [3.8, 4) is 5.75 Å². The van der Waals surface area contributed by atoms with Crippen LogP contribution in [0.1, 0.15) is 30.5 Å². The Balaban J connectivity index is 1.51. The number of aryl methyl sites for hydroxylation is 1. The number of aliphatic hydroxyl groups excluding tert-OH is 1. The second kappa shape index (κ2) is 7.62. The number of hydrogen-bond donors (Lipinski definition) is 3. The van der Waals surface area contributed by atoms with Crippen LogP contribution in [0.4, 0.5) is 0 Å². The molecule has 0 unspecified atom stereocenters. The van der Waals surface area contributed by atoms with Crippen molar-refractivity contribution in [2.75, 3.05) is 6.54 Å². The van der Waals surface area contributed by atoms with Crippen LogP contribution < -0.4 is 10.1 Å². The molecule has 1 aromatic carbocycles. The lowest BCUT2D eigenvalue weighted by molar-refractivity contribution is -0.0306. The number of nitrogens with one attached hydrogen (secondary N) is 2. The summed E-state index contributed by atoms with van der Waals surface area (Å²) in [4.78, 5) is 0. The second-order valence-corrected chi connectivity index (χ2v) is 6.36. The third-order valence-electron chi connectivity index (χ3n) is 4.52. The molecule has 1 fully saturated rings. The molecule has 3 atom stereocenters. The fourth-order valence-electron chi connectivity index (χ4n) is 3.14. The van der Waals surface area contributed by atoms with Crippen molar-refractivity contribution in [3.63, 3.8) is 0 Å². The summed E-state index contributed by atoms with van der Waals surface area (Å²) >= 11 is 0. The molecule has 1 aliphatic carbocycles. The minimum Gasteiger partial charge on any atom is -0.488 e. The highest BCUT2D eigenvalue weighted by molar-refractivity contribution is 5.26. The minimum absolute atomic E-state index is 0.120. The number of ether oxygens (including phenoxy) is 1. The summed E-state index contributed by atoms with van der Waals surface area (Å²) in [5, 5.41) is 20.9. The highest BCUT2D eigenvalue weighted by Gasteiger charge is 2.33. The Morgan fingerprint density at radius 3 is 2.83 bits per heavy atom. The summed E-state index contributed by atoms with van der Waals surface area (Å²) in [6.07, 6.45) is 4.23. The van der Waals surface area contributed by atoms with Crippen molar-refractivity contribution in [1.82, 2.24) is 15.5 Å². The molecule has 0 radical (unpaired) electrons. The topological polar surface area (TPSA) is 70.2 Å². The van der Waals surface area contributed by atoms with E-state index in [0.29, 0.717) is 0 Å². The molecule has 2 aromatic rings. The Kier molecular flexibility index (Phi) is 5.31. The average Bonchev–Trinajstić information content (AvgIpc) is 3.06. The molecule has 1 aromatic heterocycles. The van der Waals surface area contributed by atoms with Crippen molar-refractivity contribution in [3.05, 3.63) is 47.8 Å². The molecular weight excluding hydrogens is 290 g/mol. The quantitative estimate of drug-likeness (QED) is 0.765. The van der Waals surface area contributed by atoms with Crippen molar-refractivity contribution in [2.24, 2.45) is 5.92 Å². The zero-order valence-corrected chi connectivity index (χ0v) is 13.5. The van der Waals surface area contributed by atoms with Crippen LogP contribution in [0.15, 0.2) is 36.5 Å². The summed E-state index contributed by atoms with van der Waals surface area (Å²) in [6, 6.07) is 9.97. The van der Waals surface area contributed by atoms with Gasteiger partial charge in [-0.25, -0.2) is 0 Å². The number of rotatable bonds is 6. The van der Waals surface area contributed by atoms with Crippen LogP contribution in [-0.2, 0) is 6.54 Å². The fourth-order valence-corrected chi connectivity index (χ4v) is 3.14.